The number of thioether (sulfide) groups is 1. The van der Waals surface area contributed by atoms with Crippen molar-refractivity contribution in [1.29, 1.82) is 0 Å². The third-order valence-corrected chi connectivity index (χ3v) is 3.86. The molecule has 0 N–H and O–H groups in total. The SMILES string of the molecule is C1=CCC=C2C(=C1)C1CSCC2O1. The van der Waals surface area contributed by atoms with Gasteiger partial charge in [-0.05, 0) is 17.6 Å². The average molecular weight is 192 g/mol. The Balaban J connectivity index is 2.06. The second-order valence-corrected chi connectivity index (χ2v) is 4.67. The summed E-state index contributed by atoms with van der Waals surface area (Å²) in [5, 5.41) is 0. The lowest BCUT2D eigenvalue weighted by atomic mass is 10.0. The van der Waals surface area contributed by atoms with E-state index in [0.29, 0.717) is 12.2 Å². The van der Waals surface area contributed by atoms with Gasteiger partial charge in [0, 0.05) is 11.5 Å². The highest BCUT2D eigenvalue weighted by atomic mass is 32.2. The topological polar surface area (TPSA) is 9.23 Å². The van der Waals surface area contributed by atoms with E-state index in [4.69, 9.17) is 4.74 Å². The van der Waals surface area contributed by atoms with E-state index >= 15 is 0 Å². The quantitative estimate of drug-likeness (QED) is 0.582. The molecule has 2 heterocycles. The van der Waals surface area contributed by atoms with Crippen molar-refractivity contribution in [3.05, 3.63) is 35.5 Å². The van der Waals surface area contributed by atoms with E-state index in [0.717, 1.165) is 17.9 Å². The third-order valence-electron chi connectivity index (χ3n) is 2.78. The van der Waals surface area contributed by atoms with Crippen molar-refractivity contribution in [2.75, 3.05) is 11.5 Å². The summed E-state index contributed by atoms with van der Waals surface area (Å²) in [4.78, 5) is 0. The van der Waals surface area contributed by atoms with E-state index in [-0.39, 0.29) is 0 Å². The van der Waals surface area contributed by atoms with Gasteiger partial charge in [0.05, 0.1) is 12.2 Å². The number of fused-ring (bicyclic) bond motifs is 5. The molecule has 13 heavy (non-hydrogen) atoms. The fourth-order valence-corrected chi connectivity index (χ4v) is 3.24. The first kappa shape index (κ1) is 7.89. The lowest BCUT2D eigenvalue weighted by Gasteiger charge is -2.18. The molecule has 68 valence electrons. The minimum Gasteiger partial charge on any atom is -0.364 e. The molecule has 0 radical (unpaired) electrons. The molecule has 3 aliphatic rings. The van der Waals surface area contributed by atoms with Crippen molar-refractivity contribution >= 4 is 11.8 Å². The maximum atomic E-state index is 5.91. The van der Waals surface area contributed by atoms with Crippen LogP contribution in [0, 0.1) is 0 Å². The molecule has 2 fully saturated rings. The number of rotatable bonds is 0. The third kappa shape index (κ3) is 1.20. The number of allylic oxidation sites excluding steroid dienone is 4. The van der Waals surface area contributed by atoms with Gasteiger partial charge in [0.25, 0.3) is 0 Å². The Kier molecular flexibility index (Phi) is 1.84. The zero-order valence-corrected chi connectivity index (χ0v) is 8.22. The van der Waals surface area contributed by atoms with Crippen molar-refractivity contribution in [1.82, 2.24) is 0 Å². The van der Waals surface area contributed by atoms with E-state index in [1.807, 2.05) is 11.8 Å². The second kappa shape index (κ2) is 3.03. The van der Waals surface area contributed by atoms with Crippen LogP contribution in [0.1, 0.15) is 6.42 Å². The Morgan fingerprint density at radius 1 is 1.23 bits per heavy atom. The van der Waals surface area contributed by atoms with Crippen LogP contribution in [0.2, 0.25) is 0 Å². The lowest BCUT2D eigenvalue weighted by Crippen LogP contribution is -2.22. The first-order valence-corrected chi connectivity index (χ1v) is 5.91. The Bertz CT molecular complexity index is 314. The molecule has 0 aromatic heterocycles. The predicted molar refractivity (Wildman–Crippen MR) is 55.9 cm³/mol. The average Bonchev–Trinajstić information content (AvgIpc) is 2.39. The minimum absolute atomic E-state index is 0.373. The highest BCUT2D eigenvalue weighted by Crippen LogP contribution is 2.40. The Morgan fingerprint density at radius 2 is 2.08 bits per heavy atom. The zero-order chi connectivity index (χ0) is 8.67. The van der Waals surface area contributed by atoms with Gasteiger partial charge < -0.3 is 4.74 Å². The van der Waals surface area contributed by atoms with Crippen molar-refractivity contribution in [3.63, 3.8) is 0 Å². The van der Waals surface area contributed by atoms with Gasteiger partial charge in [-0.2, -0.15) is 11.8 Å². The molecule has 0 amide bonds. The predicted octanol–water partition coefficient (Wildman–Crippen LogP) is 2.31. The van der Waals surface area contributed by atoms with Crippen molar-refractivity contribution < 1.29 is 4.74 Å². The molecule has 2 atom stereocenters. The zero-order valence-electron chi connectivity index (χ0n) is 7.40. The summed E-state index contributed by atoms with van der Waals surface area (Å²) in [5.41, 5.74) is 2.89. The van der Waals surface area contributed by atoms with Gasteiger partial charge in [0.15, 0.2) is 0 Å². The maximum absolute atomic E-state index is 5.91. The molecule has 0 spiro atoms. The summed E-state index contributed by atoms with van der Waals surface area (Å²) in [5.74, 6) is 2.27. The summed E-state index contributed by atoms with van der Waals surface area (Å²) < 4.78 is 5.91. The standard InChI is InChI=1S/C11H12OS/c1-2-4-8-9(5-3-1)11-7-13-6-10(8)12-11/h1-2,4-5,10-11H,3,6-7H2. The smallest absolute Gasteiger partial charge is 0.0927 e. The van der Waals surface area contributed by atoms with Crippen LogP contribution in [0.4, 0.5) is 0 Å². The molecule has 1 nitrogen and oxygen atoms in total. The van der Waals surface area contributed by atoms with Crippen LogP contribution < -0.4 is 0 Å². The van der Waals surface area contributed by atoms with E-state index in [1.165, 1.54) is 11.1 Å². The molecule has 2 heteroatoms. The maximum Gasteiger partial charge on any atom is 0.0927 e. The number of hydrogen-bond donors (Lipinski definition) is 0. The van der Waals surface area contributed by atoms with Crippen LogP contribution in [-0.2, 0) is 4.74 Å². The van der Waals surface area contributed by atoms with Gasteiger partial charge in [-0.3, -0.25) is 0 Å². The van der Waals surface area contributed by atoms with Crippen molar-refractivity contribution in [3.8, 4) is 0 Å². The van der Waals surface area contributed by atoms with Gasteiger partial charge in [0.2, 0.25) is 0 Å². The summed E-state index contributed by atoms with van der Waals surface area (Å²) in [6.45, 7) is 0. The van der Waals surface area contributed by atoms with Crippen LogP contribution in [0.25, 0.3) is 0 Å². The first-order chi connectivity index (χ1) is 6.45. The van der Waals surface area contributed by atoms with E-state index < -0.39 is 0 Å². The van der Waals surface area contributed by atoms with E-state index in [9.17, 15) is 0 Å². The van der Waals surface area contributed by atoms with E-state index in [2.05, 4.69) is 24.3 Å². The van der Waals surface area contributed by atoms with Crippen LogP contribution in [0.3, 0.4) is 0 Å². The van der Waals surface area contributed by atoms with Crippen molar-refractivity contribution in [2.45, 2.75) is 18.6 Å². The Hall–Kier alpha value is -0.470. The van der Waals surface area contributed by atoms with Crippen LogP contribution >= 0.6 is 11.8 Å². The largest absolute Gasteiger partial charge is 0.364 e. The highest BCUT2D eigenvalue weighted by Gasteiger charge is 2.37. The van der Waals surface area contributed by atoms with Gasteiger partial charge in [0.1, 0.15) is 0 Å². The van der Waals surface area contributed by atoms with E-state index in [1.54, 1.807) is 0 Å². The Labute approximate surface area is 82.5 Å². The summed E-state index contributed by atoms with van der Waals surface area (Å²) >= 11 is 2.02. The van der Waals surface area contributed by atoms with Gasteiger partial charge in [-0.25, -0.2) is 0 Å². The normalized spacial score (nSPS) is 36.3. The molecule has 2 saturated heterocycles. The van der Waals surface area contributed by atoms with Gasteiger partial charge >= 0.3 is 0 Å². The molecule has 0 aromatic carbocycles. The number of ether oxygens (including phenoxy) is 1. The molecular formula is C11H12OS. The second-order valence-electron chi connectivity index (χ2n) is 3.60. The minimum atomic E-state index is 0.373. The molecule has 3 rings (SSSR count). The lowest BCUT2D eigenvalue weighted by molar-refractivity contribution is 0.0843. The molecule has 2 unspecified atom stereocenters. The van der Waals surface area contributed by atoms with Gasteiger partial charge in [-0.1, -0.05) is 24.3 Å². The fourth-order valence-electron chi connectivity index (χ4n) is 2.16. The highest BCUT2D eigenvalue weighted by molar-refractivity contribution is 7.99. The van der Waals surface area contributed by atoms with Gasteiger partial charge in [-0.15, -0.1) is 0 Å². The van der Waals surface area contributed by atoms with Crippen LogP contribution in [0.5, 0.6) is 0 Å². The Morgan fingerprint density at radius 3 is 3.00 bits per heavy atom. The fraction of sp³-hybridized carbons (Fsp3) is 0.455. The monoisotopic (exact) mass is 192 g/mol. The molecule has 2 aliphatic heterocycles. The molecule has 0 saturated carbocycles. The summed E-state index contributed by atoms with van der Waals surface area (Å²) in [6.07, 6.45) is 10.7. The molecule has 0 aromatic rings. The number of hydrogen-bond acceptors (Lipinski definition) is 2. The molecule has 2 bridgehead atoms. The van der Waals surface area contributed by atoms with Crippen LogP contribution in [-0.4, -0.2) is 23.7 Å². The summed E-state index contributed by atoms with van der Waals surface area (Å²) in [7, 11) is 0. The molecule has 1 aliphatic carbocycles. The first-order valence-electron chi connectivity index (χ1n) is 4.75. The summed E-state index contributed by atoms with van der Waals surface area (Å²) in [6, 6.07) is 0. The molecular weight excluding hydrogens is 180 g/mol. The van der Waals surface area contributed by atoms with Crippen LogP contribution in [0.15, 0.2) is 35.5 Å². The van der Waals surface area contributed by atoms with Crippen molar-refractivity contribution in [2.24, 2.45) is 0 Å².